The van der Waals surface area contributed by atoms with Crippen LogP contribution in [0.15, 0.2) is 24.3 Å². The van der Waals surface area contributed by atoms with Crippen LogP contribution in [0.2, 0.25) is 0 Å². The van der Waals surface area contributed by atoms with Crippen molar-refractivity contribution in [2.24, 2.45) is 5.73 Å². The number of unbranched alkanes of at least 4 members (excludes halogenated alkanes) is 1. The van der Waals surface area contributed by atoms with Crippen molar-refractivity contribution >= 4 is 11.8 Å². The molecule has 1 aliphatic rings. The summed E-state index contributed by atoms with van der Waals surface area (Å²) in [7, 11) is 0. The number of fused-ring (bicyclic) bond motifs is 1. The van der Waals surface area contributed by atoms with Gasteiger partial charge in [0.05, 0.1) is 11.1 Å². The molecule has 0 saturated heterocycles. The summed E-state index contributed by atoms with van der Waals surface area (Å²) < 4.78 is 0. The maximum Gasteiger partial charge on any atom is 0.261 e. The van der Waals surface area contributed by atoms with Crippen molar-refractivity contribution in [3.63, 3.8) is 0 Å². The third kappa shape index (κ3) is 2.42. The van der Waals surface area contributed by atoms with E-state index in [9.17, 15) is 9.59 Å². The molecule has 5 nitrogen and oxygen atoms in total. The van der Waals surface area contributed by atoms with E-state index in [0.717, 1.165) is 19.4 Å². The van der Waals surface area contributed by atoms with E-state index in [0.29, 0.717) is 24.3 Å². The number of hydrogen-bond acceptors (Lipinski definition) is 4. The third-order valence-corrected chi connectivity index (χ3v) is 3.01. The van der Waals surface area contributed by atoms with Crippen LogP contribution in [0.25, 0.3) is 0 Å². The minimum atomic E-state index is -0.178. The van der Waals surface area contributed by atoms with Gasteiger partial charge >= 0.3 is 0 Å². The summed E-state index contributed by atoms with van der Waals surface area (Å²) in [5, 5.41) is 3.00. The van der Waals surface area contributed by atoms with Crippen LogP contribution < -0.4 is 11.1 Å². The highest BCUT2D eigenvalue weighted by molar-refractivity contribution is 6.21. The van der Waals surface area contributed by atoms with Crippen molar-refractivity contribution in [1.29, 1.82) is 0 Å². The largest absolute Gasteiger partial charge is 0.318 e. The second-order valence-corrected chi connectivity index (χ2v) is 4.22. The quantitative estimate of drug-likeness (QED) is 0.438. The Morgan fingerprint density at radius 1 is 1.06 bits per heavy atom. The molecule has 0 fully saturated rings. The summed E-state index contributed by atoms with van der Waals surface area (Å²) in [5.41, 5.74) is 6.34. The highest BCUT2D eigenvalue weighted by Gasteiger charge is 2.34. The maximum absolute atomic E-state index is 12.0. The summed E-state index contributed by atoms with van der Waals surface area (Å²) in [5.74, 6) is -0.357. The van der Waals surface area contributed by atoms with Crippen molar-refractivity contribution < 1.29 is 9.59 Å². The van der Waals surface area contributed by atoms with Crippen LogP contribution in [-0.4, -0.2) is 36.5 Å². The van der Waals surface area contributed by atoms with Gasteiger partial charge in [-0.15, -0.1) is 0 Å². The second kappa shape index (κ2) is 5.75. The fourth-order valence-electron chi connectivity index (χ4n) is 2.06. The third-order valence-electron chi connectivity index (χ3n) is 3.01. The topological polar surface area (TPSA) is 75.4 Å². The molecule has 0 spiro atoms. The summed E-state index contributed by atoms with van der Waals surface area (Å²) in [6.45, 7) is 1.73. The number of nitrogens with one attached hydrogen (secondary N) is 1. The predicted octanol–water partition coefficient (Wildman–Crippen LogP) is 0.569. The molecule has 18 heavy (non-hydrogen) atoms. The van der Waals surface area contributed by atoms with Gasteiger partial charge in [0.2, 0.25) is 0 Å². The van der Waals surface area contributed by atoms with E-state index in [1.807, 2.05) is 0 Å². The first-order valence-electron chi connectivity index (χ1n) is 6.11. The van der Waals surface area contributed by atoms with Crippen LogP contribution in [0.1, 0.15) is 33.6 Å². The van der Waals surface area contributed by atoms with Crippen LogP contribution in [0.5, 0.6) is 0 Å². The number of hydrogen-bond donors (Lipinski definition) is 2. The molecule has 2 amide bonds. The molecule has 0 atom stereocenters. The summed E-state index contributed by atoms with van der Waals surface area (Å²) >= 11 is 0. The Morgan fingerprint density at radius 3 is 2.22 bits per heavy atom. The average Bonchev–Trinajstić information content (AvgIpc) is 2.64. The Morgan fingerprint density at radius 2 is 1.67 bits per heavy atom. The van der Waals surface area contributed by atoms with E-state index in [1.54, 1.807) is 24.3 Å². The van der Waals surface area contributed by atoms with E-state index in [-0.39, 0.29) is 11.8 Å². The summed E-state index contributed by atoms with van der Waals surface area (Å²) in [6, 6.07) is 6.95. The molecule has 0 aromatic heterocycles. The number of carbonyl (C=O) groups excluding carboxylic acids is 2. The minimum absolute atomic E-state index is 0.178. The van der Waals surface area contributed by atoms with E-state index in [4.69, 9.17) is 5.73 Å². The molecule has 0 aliphatic carbocycles. The fraction of sp³-hybridized carbons (Fsp3) is 0.385. The lowest BCUT2D eigenvalue weighted by atomic mass is 10.1. The van der Waals surface area contributed by atoms with Gasteiger partial charge in [0.25, 0.3) is 11.8 Å². The van der Waals surface area contributed by atoms with Crippen molar-refractivity contribution in [2.45, 2.75) is 12.8 Å². The molecule has 1 heterocycles. The SMILES string of the molecule is NCNCCCCN1C(=O)c2ccccc2C1=O. The zero-order valence-corrected chi connectivity index (χ0v) is 10.2. The normalized spacial score (nSPS) is 14.2. The molecular weight excluding hydrogens is 230 g/mol. The summed E-state index contributed by atoms with van der Waals surface area (Å²) in [4.78, 5) is 25.3. The van der Waals surface area contributed by atoms with Crippen LogP contribution in [0, 0.1) is 0 Å². The number of nitrogens with two attached hydrogens (primary N) is 1. The first kappa shape index (κ1) is 12.7. The molecule has 0 saturated carbocycles. The average molecular weight is 247 g/mol. The molecule has 5 heteroatoms. The van der Waals surface area contributed by atoms with Crippen LogP contribution in [0.3, 0.4) is 0 Å². The number of amides is 2. The number of rotatable bonds is 6. The maximum atomic E-state index is 12.0. The van der Waals surface area contributed by atoms with Gasteiger partial charge in [-0.2, -0.15) is 0 Å². The Labute approximate surface area is 106 Å². The first-order chi connectivity index (χ1) is 8.75. The second-order valence-electron chi connectivity index (χ2n) is 4.22. The molecular formula is C13H17N3O2. The van der Waals surface area contributed by atoms with Crippen molar-refractivity contribution in [3.05, 3.63) is 35.4 Å². The monoisotopic (exact) mass is 247 g/mol. The molecule has 3 N–H and O–H groups in total. The van der Waals surface area contributed by atoms with Crippen LogP contribution >= 0.6 is 0 Å². The minimum Gasteiger partial charge on any atom is -0.318 e. The van der Waals surface area contributed by atoms with E-state index >= 15 is 0 Å². The van der Waals surface area contributed by atoms with E-state index in [2.05, 4.69) is 5.32 Å². The summed E-state index contributed by atoms with van der Waals surface area (Å²) in [6.07, 6.45) is 1.68. The number of imide groups is 1. The van der Waals surface area contributed by atoms with Gasteiger partial charge in [-0.1, -0.05) is 12.1 Å². The van der Waals surface area contributed by atoms with E-state index in [1.165, 1.54) is 4.90 Å². The molecule has 1 aliphatic heterocycles. The lowest BCUT2D eigenvalue weighted by Crippen LogP contribution is -2.31. The predicted molar refractivity (Wildman–Crippen MR) is 68.1 cm³/mol. The number of carbonyl (C=O) groups is 2. The lowest BCUT2D eigenvalue weighted by Gasteiger charge is -2.13. The fourth-order valence-corrected chi connectivity index (χ4v) is 2.06. The highest BCUT2D eigenvalue weighted by Crippen LogP contribution is 2.22. The standard InChI is InChI=1S/C13H17N3O2/c14-9-15-7-3-4-8-16-12(17)10-5-1-2-6-11(10)13(16)18/h1-2,5-6,15H,3-4,7-9,14H2. The Bertz CT molecular complexity index is 424. The van der Waals surface area contributed by atoms with E-state index < -0.39 is 0 Å². The van der Waals surface area contributed by atoms with Gasteiger partial charge in [-0.3, -0.25) is 14.5 Å². The molecule has 1 aromatic carbocycles. The highest BCUT2D eigenvalue weighted by atomic mass is 16.2. The Kier molecular flexibility index (Phi) is 4.07. The molecule has 0 unspecified atom stereocenters. The molecule has 2 rings (SSSR count). The molecule has 1 aromatic rings. The van der Waals surface area contributed by atoms with Crippen molar-refractivity contribution in [1.82, 2.24) is 10.2 Å². The molecule has 0 radical (unpaired) electrons. The van der Waals surface area contributed by atoms with Gasteiger partial charge in [-0.05, 0) is 31.5 Å². The Balaban J connectivity index is 1.93. The number of benzene rings is 1. The van der Waals surface area contributed by atoms with Crippen LogP contribution in [-0.2, 0) is 0 Å². The van der Waals surface area contributed by atoms with Crippen molar-refractivity contribution in [3.8, 4) is 0 Å². The molecule has 96 valence electrons. The van der Waals surface area contributed by atoms with Gasteiger partial charge in [0.15, 0.2) is 0 Å². The smallest absolute Gasteiger partial charge is 0.261 e. The van der Waals surface area contributed by atoms with Gasteiger partial charge in [-0.25, -0.2) is 0 Å². The zero-order chi connectivity index (χ0) is 13.0. The van der Waals surface area contributed by atoms with Crippen LogP contribution in [0.4, 0.5) is 0 Å². The van der Waals surface area contributed by atoms with Gasteiger partial charge in [0, 0.05) is 13.2 Å². The number of nitrogens with zero attached hydrogens (tertiary/aromatic N) is 1. The van der Waals surface area contributed by atoms with Gasteiger partial charge in [0.1, 0.15) is 0 Å². The lowest BCUT2D eigenvalue weighted by molar-refractivity contribution is 0.0651. The zero-order valence-electron chi connectivity index (χ0n) is 10.2. The first-order valence-corrected chi connectivity index (χ1v) is 6.11. The van der Waals surface area contributed by atoms with Crippen molar-refractivity contribution in [2.75, 3.05) is 19.8 Å². The van der Waals surface area contributed by atoms with Gasteiger partial charge < -0.3 is 11.1 Å². The molecule has 0 bridgehead atoms. The Hall–Kier alpha value is -1.72.